The molecule has 0 aliphatic rings. The third-order valence-electron chi connectivity index (χ3n) is 6.04. The number of aryl methyl sites for hydroxylation is 1. The van der Waals surface area contributed by atoms with Crippen LogP contribution in [0.2, 0.25) is 5.02 Å². The summed E-state index contributed by atoms with van der Waals surface area (Å²) >= 11 is 6.04. The van der Waals surface area contributed by atoms with Gasteiger partial charge >= 0.3 is 5.97 Å². The van der Waals surface area contributed by atoms with Crippen LogP contribution < -0.4 is 0 Å². The minimum atomic E-state index is -3.85. The predicted octanol–water partition coefficient (Wildman–Crippen LogP) is 6.15. The quantitative estimate of drug-likeness (QED) is 0.364. The monoisotopic (exact) mass is 516 g/mol. The summed E-state index contributed by atoms with van der Waals surface area (Å²) in [5, 5.41) is 0.581. The lowest BCUT2D eigenvalue weighted by Gasteiger charge is -2.24. The van der Waals surface area contributed by atoms with Gasteiger partial charge in [0.15, 0.2) is 0 Å². The predicted molar refractivity (Wildman–Crippen MR) is 139 cm³/mol. The van der Waals surface area contributed by atoms with Gasteiger partial charge in [0.25, 0.3) is 0 Å². The summed E-state index contributed by atoms with van der Waals surface area (Å²) in [6.45, 7) is 12.1. The summed E-state index contributed by atoms with van der Waals surface area (Å²) in [4.78, 5) is 15.7. The van der Waals surface area contributed by atoms with Gasteiger partial charge in [0.1, 0.15) is 5.69 Å². The number of aromatic nitrogens is 1. The van der Waals surface area contributed by atoms with E-state index in [2.05, 4.69) is 25.8 Å². The molecule has 0 fully saturated rings. The second-order valence-corrected chi connectivity index (χ2v) is 12.0. The van der Waals surface area contributed by atoms with Crippen molar-refractivity contribution in [2.75, 3.05) is 6.61 Å². The van der Waals surface area contributed by atoms with E-state index in [4.69, 9.17) is 16.3 Å². The highest BCUT2D eigenvalue weighted by Crippen LogP contribution is 2.28. The molecule has 0 unspecified atom stereocenters. The molecule has 0 bridgehead atoms. The van der Waals surface area contributed by atoms with Gasteiger partial charge in [-0.05, 0) is 72.7 Å². The maximum Gasteiger partial charge on any atom is 0.355 e. The molecule has 188 valence electrons. The van der Waals surface area contributed by atoms with Crippen LogP contribution in [-0.2, 0) is 33.3 Å². The summed E-state index contributed by atoms with van der Waals surface area (Å²) in [6.07, 6.45) is 0. The van der Waals surface area contributed by atoms with Crippen LogP contribution in [0.3, 0.4) is 0 Å². The highest BCUT2D eigenvalue weighted by atomic mass is 35.5. The van der Waals surface area contributed by atoms with E-state index in [1.807, 2.05) is 31.2 Å². The first-order valence-corrected chi connectivity index (χ1v) is 13.4. The Balaban J connectivity index is 2.03. The average molecular weight is 517 g/mol. The fraction of sp³-hybridized carbons (Fsp3) is 0.370. The lowest BCUT2D eigenvalue weighted by atomic mass is 9.87. The van der Waals surface area contributed by atoms with Crippen LogP contribution in [0, 0.1) is 13.8 Å². The Bertz CT molecular complexity index is 1290. The van der Waals surface area contributed by atoms with Gasteiger partial charge in [0.05, 0.1) is 11.5 Å². The first kappa shape index (κ1) is 27.0. The molecule has 1 aromatic heterocycles. The molecule has 8 heteroatoms. The van der Waals surface area contributed by atoms with Crippen molar-refractivity contribution in [3.05, 3.63) is 87.2 Å². The van der Waals surface area contributed by atoms with Crippen molar-refractivity contribution in [1.82, 2.24) is 9.29 Å². The number of esters is 1. The Morgan fingerprint density at radius 1 is 1.00 bits per heavy atom. The number of hydrogen-bond acceptors (Lipinski definition) is 4. The van der Waals surface area contributed by atoms with Crippen LogP contribution in [0.5, 0.6) is 0 Å². The molecule has 1 N–H and O–H groups in total. The number of rotatable bonds is 8. The average Bonchev–Trinajstić information content (AvgIpc) is 3.08. The number of H-pyrrole nitrogens is 1. The number of aromatic amines is 1. The van der Waals surface area contributed by atoms with Gasteiger partial charge in [-0.2, -0.15) is 4.31 Å². The zero-order valence-electron chi connectivity index (χ0n) is 21.1. The summed E-state index contributed by atoms with van der Waals surface area (Å²) < 4.78 is 34.2. The molecule has 0 spiro atoms. The van der Waals surface area contributed by atoms with Crippen LogP contribution in [0.1, 0.15) is 66.1 Å². The summed E-state index contributed by atoms with van der Waals surface area (Å²) in [7, 11) is -3.85. The molecular weight excluding hydrogens is 484 g/mol. The fourth-order valence-corrected chi connectivity index (χ4v) is 5.43. The number of carbonyl (C=O) groups is 1. The minimum Gasteiger partial charge on any atom is -0.461 e. The molecular formula is C27H33ClN2O4S. The molecule has 0 amide bonds. The number of nitrogens with one attached hydrogen (secondary N) is 1. The number of nitrogens with zero attached hydrogens (tertiary/aromatic N) is 1. The normalized spacial score (nSPS) is 12.2. The van der Waals surface area contributed by atoms with Crippen LogP contribution >= 0.6 is 11.6 Å². The first-order chi connectivity index (χ1) is 16.3. The fourth-order valence-electron chi connectivity index (χ4n) is 3.91. The van der Waals surface area contributed by atoms with E-state index in [1.165, 1.54) is 4.31 Å². The molecule has 2 aromatic carbocycles. The molecule has 1 heterocycles. The molecule has 35 heavy (non-hydrogen) atoms. The lowest BCUT2D eigenvalue weighted by molar-refractivity contribution is 0.0519. The van der Waals surface area contributed by atoms with E-state index in [0.29, 0.717) is 16.3 Å². The lowest BCUT2D eigenvalue weighted by Crippen LogP contribution is -2.30. The Morgan fingerprint density at radius 2 is 1.60 bits per heavy atom. The Morgan fingerprint density at radius 3 is 2.14 bits per heavy atom. The smallest absolute Gasteiger partial charge is 0.355 e. The summed E-state index contributed by atoms with van der Waals surface area (Å²) in [6, 6.07) is 14.1. The third kappa shape index (κ3) is 6.15. The molecule has 3 aromatic rings. The van der Waals surface area contributed by atoms with Gasteiger partial charge < -0.3 is 9.72 Å². The Hall–Kier alpha value is -2.61. The van der Waals surface area contributed by atoms with Crippen LogP contribution in [-0.4, -0.2) is 30.3 Å². The molecule has 0 aliphatic heterocycles. The van der Waals surface area contributed by atoms with Gasteiger partial charge in [-0.25, -0.2) is 13.2 Å². The van der Waals surface area contributed by atoms with Crippen molar-refractivity contribution >= 4 is 27.6 Å². The maximum atomic E-state index is 13.8. The number of ether oxygens (including phenoxy) is 1. The SMILES string of the molecule is CCOC(=O)c1[nH]c(C)c(CN(Cc2ccc(Cl)cc2)S(=O)(=O)c2ccc(C(C)(C)C)cc2)c1C. The van der Waals surface area contributed by atoms with Crippen molar-refractivity contribution in [2.24, 2.45) is 0 Å². The molecule has 0 atom stereocenters. The topological polar surface area (TPSA) is 79.5 Å². The van der Waals surface area contributed by atoms with Crippen molar-refractivity contribution < 1.29 is 17.9 Å². The standard InChI is InChI=1S/C27H33ClN2O4S/c1-7-34-26(31)25-18(2)24(19(3)29-25)17-30(16-20-8-12-22(28)13-9-20)35(32,33)23-14-10-21(11-15-23)27(4,5)6/h8-15,29H,7,16-17H2,1-6H3. The van der Waals surface area contributed by atoms with Gasteiger partial charge in [-0.3, -0.25) is 0 Å². The van der Waals surface area contributed by atoms with Gasteiger partial charge in [0, 0.05) is 23.8 Å². The zero-order valence-corrected chi connectivity index (χ0v) is 22.7. The summed E-state index contributed by atoms with van der Waals surface area (Å²) in [5.74, 6) is -0.454. The van der Waals surface area contributed by atoms with E-state index in [9.17, 15) is 13.2 Å². The third-order valence-corrected chi connectivity index (χ3v) is 8.10. The minimum absolute atomic E-state index is 0.0892. The second-order valence-electron chi connectivity index (χ2n) is 9.62. The van der Waals surface area contributed by atoms with E-state index in [1.54, 1.807) is 38.1 Å². The van der Waals surface area contributed by atoms with Crippen molar-refractivity contribution in [3.8, 4) is 0 Å². The maximum absolute atomic E-state index is 13.8. The van der Waals surface area contributed by atoms with E-state index in [-0.39, 0.29) is 30.0 Å². The van der Waals surface area contributed by atoms with Crippen molar-refractivity contribution in [3.63, 3.8) is 0 Å². The summed E-state index contributed by atoms with van der Waals surface area (Å²) in [5.41, 5.74) is 4.27. The molecule has 0 saturated carbocycles. The molecule has 0 aliphatic carbocycles. The second kappa shape index (κ2) is 10.6. The van der Waals surface area contributed by atoms with Crippen LogP contribution in [0.25, 0.3) is 0 Å². The van der Waals surface area contributed by atoms with Gasteiger partial charge in [-0.15, -0.1) is 0 Å². The first-order valence-electron chi connectivity index (χ1n) is 11.5. The molecule has 0 saturated heterocycles. The van der Waals surface area contributed by atoms with Crippen molar-refractivity contribution in [1.29, 1.82) is 0 Å². The number of benzene rings is 2. The van der Waals surface area contributed by atoms with Crippen molar-refractivity contribution in [2.45, 2.75) is 64.9 Å². The Labute approximate surface area is 213 Å². The number of halogens is 1. The van der Waals surface area contributed by atoms with Gasteiger partial charge in [-0.1, -0.05) is 56.6 Å². The Kier molecular flexibility index (Phi) is 8.14. The van der Waals surface area contributed by atoms with E-state index < -0.39 is 16.0 Å². The largest absolute Gasteiger partial charge is 0.461 e. The number of hydrogen-bond donors (Lipinski definition) is 1. The van der Waals surface area contributed by atoms with E-state index >= 15 is 0 Å². The molecule has 0 radical (unpaired) electrons. The van der Waals surface area contributed by atoms with Gasteiger partial charge in [0.2, 0.25) is 10.0 Å². The highest BCUT2D eigenvalue weighted by molar-refractivity contribution is 7.89. The van der Waals surface area contributed by atoms with E-state index in [0.717, 1.165) is 22.4 Å². The zero-order chi connectivity index (χ0) is 26.0. The molecule has 6 nitrogen and oxygen atoms in total. The highest BCUT2D eigenvalue weighted by Gasteiger charge is 2.28. The van der Waals surface area contributed by atoms with Crippen LogP contribution in [0.15, 0.2) is 53.4 Å². The molecule has 3 rings (SSSR count). The number of carbonyl (C=O) groups excluding carboxylic acids is 1. The van der Waals surface area contributed by atoms with Crippen LogP contribution in [0.4, 0.5) is 0 Å². The number of sulfonamides is 1.